The number of benzene rings is 2. The Morgan fingerprint density at radius 3 is 2.65 bits per heavy atom. The van der Waals surface area contributed by atoms with E-state index < -0.39 is 27.7 Å². The average Bonchev–Trinajstić information content (AvgIpc) is 3.21. The van der Waals surface area contributed by atoms with Crippen molar-refractivity contribution in [2.24, 2.45) is 0 Å². The molecular formula is C22H21NO7S. The van der Waals surface area contributed by atoms with Gasteiger partial charge < -0.3 is 19.2 Å². The van der Waals surface area contributed by atoms with E-state index in [4.69, 9.17) is 14.2 Å². The number of nitrogens with one attached hydrogen (secondary N) is 1. The number of aromatic nitrogens is 1. The van der Waals surface area contributed by atoms with Crippen molar-refractivity contribution in [1.29, 1.82) is 0 Å². The zero-order chi connectivity index (χ0) is 22.0. The van der Waals surface area contributed by atoms with Crippen molar-refractivity contribution in [3.05, 3.63) is 54.2 Å². The van der Waals surface area contributed by atoms with Crippen molar-refractivity contribution in [1.82, 2.24) is 4.98 Å². The second kappa shape index (κ2) is 8.43. The van der Waals surface area contributed by atoms with Gasteiger partial charge >= 0.3 is 5.97 Å². The van der Waals surface area contributed by atoms with Crippen LogP contribution in [0.15, 0.2) is 53.6 Å². The van der Waals surface area contributed by atoms with E-state index in [1.54, 1.807) is 12.3 Å². The van der Waals surface area contributed by atoms with Crippen LogP contribution in [0, 0.1) is 0 Å². The van der Waals surface area contributed by atoms with E-state index in [2.05, 4.69) is 4.98 Å². The highest BCUT2D eigenvalue weighted by Gasteiger charge is 2.25. The van der Waals surface area contributed by atoms with Crippen molar-refractivity contribution >= 4 is 32.5 Å². The van der Waals surface area contributed by atoms with Gasteiger partial charge in [-0.25, -0.2) is 8.42 Å². The molecule has 0 spiro atoms. The maximum absolute atomic E-state index is 12.7. The molecule has 0 aliphatic carbocycles. The predicted octanol–water partition coefficient (Wildman–Crippen LogP) is 2.92. The summed E-state index contributed by atoms with van der Waals surface area (Å²) in [6.45, 7) is 2.21. The Morgan fingerprint density at radius 2 is 1.84 bits per heavy atom. The van der Waals surface area contributed by atoms with Gasteiger partial charge in [-0.15, -0.1) is 0 Å². The van der Waals surface area contributed by atoms with Gasteiger partial charge in [-0.1, -0.05) is 18.2 Å². The van der Waals surface area contributed by atoms with E-state index in [-0.39, 0.29) is 17.1 Å². The average molecular weight is 443 g/mol. The SMILES string of the molecule is C[C@@H](OC(=O)CCS(=O)(=O)c1ccc2c(c1)OCCO2)C(=O)c1c[nH]c2ccccc12. The molecule has 0 amide bonds. The number of hydrogen-bond donors (Lipinski definition) is 1. The van der Waals surface area contributed by atoms with Crippen LogP contribution in [0.2, 0.25) is 0 Å². The van der Waals surface area contributed by atoms with Crippen LogP contribution >= 0.6 is 0 Å². The molecule has 1 N–H and O–H groups in total. The Kier molecular flexibility index (Phi) is 5.69. The number of carbonyl (C=O) groups excluding carboxylic acids is 2. The summed E-state index contributed by atoms with van der Waals surface area (Å²) in [6, 6.07) is 11.6. The lowest BCUT2D eigenvalue weighted by molar-refractivity contribution is -0.145. The standard InChI is InChI=1S/C22H21NO7S/c1-14(22(25)17-13-23-18-5-3-2-4-16(17)18)30-21(24)8-11-31(26,27)15-6-7-19-20(12-15)29-10-9-28-19/h2-7,12-14,23H,8-11H2,1H3/t14-/m1/s1. The lowest BCUT2D eigenvalue weighted by Crippen LogP contribution is -2.25. The summed E-state index contributed by atoms with van der Waals surface area (Å²) in [4.78, 5) is 27.9. The topological polar surface area (TPSA) is 112 Å². The van der Waals surface area contributed by atoms with Crippen LogP contribution in [0.1, 0.15) is 23.7 Å². The van der Waals surface area contributed by atoms with Crippen molar-refractivity contribution in [2.45, 2.75) is 24.3 Å². The minimum atomic E-state index is -3.74. The van der Waals surface area contributed by atoms with Crippen molar-refractivity contribution in [3.63, 3.8) is 0 Å². The monoisotopic (exact) mass is 443 g/mol. The molecule has 0 saturated carbocycles. The largest absolute Gasteiger partial charge is 0.486 e. The molecule has 8 nitrogen and oxygen atoms in total. The van der Waals surface area contributed by atoms with Crippen LogP contribution in [0.4, 0.5) is 0 Å². The summed E-state index contributed by atoms with van der Waals surface area (Å²) >= 11 is 0. The van der Waals surface area contributed by atoms with Crippen LogP contribution in [0.5, 0.6) is 11.5 Å². The summed E-state index contributed by atoms with van der Waals surface area (Å²) < 4.78 is 41.2. The maximum atomic E-state index is 12.7. The van der Waals surface area contributed by atoms with Gasteiger partial charge in [-0.3, -0.25) is 9.59 Å². The summed E-state index contributed by atoms with van der Waals surface area (Å²) in [5.41, 5.74) is 1.22. The van der Waals surface area contributed by atoms with Crippen LogP contribution < -0.4 is 9.47 Å². The Labute approximate surface area is 179 Å². The molecule has 0 bridgehead atoms. The van der Waals surface area contributed by atoms with Gasteiger partial charge in [0.25, 0.3) is 0 Å². The van der Waals surface area contributed by atoms with Gasteiger partial charge in [0.15, 0.2) is 27.4 Å². The number of fused-ring (bicyclic) bond motifs is 2. The zero-order valence-corrected chi connectivity index (χ0v) is 17.6. The lowest BCUT2D eigenvalue weighted by atomic mass is 10.1. The molecular weight excluding hydrogens is 422 g/mol. The Morgan fingerprint density at radius 1 is 1.10 bits per heavy atom. The molecule has 0 fully saturated rings. The number of ether oxygens (including phenoxy) is 3. The first-order valence-electron chi connectivity index (χ1n) is 9.77. The highest BCUT2D eigenvalue weighted by Crippen LogP contribution is 2.32. The summed E-state index contributed by atoms with van der Waals surface area (Å²) in [6.07, 6.45) is 0.162. The minimum absolute atomic E-state index is 0.0347. The van der Waals surface area contributed by atoms with Crippen molar-refractivity contribution in [2.75, 3.05) is 19.0 Å². The van der Waals surface area contributed by atoms with E-state index in [1.807, 2.05) is 18.2 Å². The number of aromatic amines is 1. The predicted molar refractivity (Wildman–Crippen MR) is 112 cm³/mol. The lowest BCUT2D eigenvalue weighted by Gasteiger charge is -2.18. The van der Waals surface area contributed by atoms with Crippen LogP contribution in [-0.4, -0.2) is 50.2 Å². The molecule has 2 heterocycles. The number of esters is 1. The van der Waals surface area contributed by atoms with Gasteiger partial charge in [0.05, 0.1) is 17.1 Å². The fraction of sp³-hybridized carbons (Fsp3) is 0.273. The second-order valence-corrected chi connectivity index (χ2v) is 9.23. The molecule has 1 aliphatic heterocycles. The van der Waals surface area contributed by atoms with Gasteiger partial charge in [0.2, 0.25) is 5.78 Å². The first-order valence-corrected chi connectivity index (χ1v) is 11.4. The van der Waals surface area contributed by atoms with E-state index in [0.717, 1.165) is 10.9 Å². The highest BCUT2D eigenvalue weighted by atomic mass is 32.2. The Hall–Kier alpha value is -3.33. The zero-order valence-electron chi connectivity index (χ0n) is 16.8. The molecule has 9 heteroatoms. The molecule has 0 unspecified atom stereocenters. The number of ketones is 1. The number of rotatable bonds is 7. The van der Waals surface area contributed by atoms with E-state index >= 15 is 0 Å². The molecule has 1 aliphatic rings. The summed E-state index contributed by atoms with van der Waals surface area (Å²) in [5.74, 6) is -0.733. The van der Waals surface area contributed by atoms with Gasteiger partial charge in [-0.05, 0) is 25.1 Å². The minimum Gasteiger partial charge on any atom is -0.486 e. The second-order valence-electron chi connectivity index (χ2n) is 7.12. The molecule has 0 radical (unpaired) electrons. The third-order valence-electron chi connectivity index (χ3n) is 4.98. The van der Waals surface area contributed by atoms with Crippen LogP contribution in [0.3, 0.4) is 0 Å². The molecule has 4 rings (SSSR count). The van der Waals surface area contributed by atoms with Gasteiger partial charge in [0, 0.05) is 28.7 Å². The quantitative estimate of drug-likeness (QED) is 0.441. The van der Waals surface area contributed by atoms with Gasteiger partial charge in [-0.2, -0.15) is 0 Å². The van der Waals surface area contributed by atoms with Crippen LogP contribution in [-0.2, 0) is 19.4 Å². The smallest absolute Gasteiger partial charge is 0.307 e. The first kappa shape index (κ1) is 20.9. The fourth-order valence-corrected chi connectivity index (χ4v) is 4.59. The molecule has 162 valence electrons. The maximum Gasteiger partial charge on any atom is 0.307 e. The summed E-state index contributed by atoms with van der Waals surface area (Å²) in [7, 11) is -3.74. The van der Waals surface area contributed by atoms with E-state index in [9.17, 15) is 18.0 Å². The van der Waals surface area contributed by atoms with Crippen LogP contribution in [0.25, 0.3) is 10.9 Å². The number of Topliss-reactive ketones (excluding diaryl/α,β-unsaturated/α-hetero) is 1. The fourth-order valence-electron chi connectivity index (χ4n) is 3.36. The summed E-state index contributed by atoms with van der Waals surface area (Å²) in [5, 5.41) is 0.733. The van der Waals surface area contributed by atoms with Crippen molar-refractivity contribution in [3.8, 4) is 11.5 Å². The van der Waals surface area contributed by atoms with E-state index in [0.29, 0.717) is 30.3 Å². The molecule has 2 aromatic carbocycles. The number of carbonyl (C=O) groups is 2. The Bertz CT molecular complexity index is 1250. The normalized spacial score (nSPS) is 14.2. The molecule has 1 atom stereocenters. The van der Waals surface area contributed by atoms with Crippen molar-refractivity contribution < 1.29 is 32.2 Å². The number of hydrogen-bond acceptors (Lipinski definition) is 7. The molecule has 3 aromatic rings. The van der Waals surface area contributed by atoms with Gasteiger partial charge in [0.1, 0.15) is 13.2 Å². The number of para-hydroxylation sites is 1. The third-order valence-corrected chi connectivity index (χ3v) is 6.69. The molecule has 31 heavy (non-hydrogen) atoms. The molecule has 0 saturated heterocycles. The third kappa shape index (κ3) is 4.41. The molecule has 1 aromatic heterocycles. The van der Waals surface area contributed by atoms with E-state index in [1.165, 1.54) is 25.1 Å². The Balaban J connectivity index is 1.37. The number of H-pyrrole nitrogens is 1. The highest BCUT2D eigenvalue weighted by molar-refractivity contribution is 7.91. The first-order chi connectivity index (χ1) is 14.8. The number of sulfone groups is 1.